The van der Waals surface area contributed by atoms with Crippen molar-refractivity contribution in [1.82, 2.24) is 19.7 Å². The number of thiophene rings is 1. The molecule has 3 aromatic rings. The maximum Gasteiger partial charge on any atom is 0.410 e. The highest BCUT2D eigenvalue weighted by Crippen LogP contribution is 2.29. The molecule has 3 aliphatic heterocycles. The topological polar surface area (TPSA) is 124 Å². The van der Waals surface area contributed by atoms with E-state index in [1.54, 1.807) is 45.7 Å². The number of pyridine rings is 1. The zero-order chi connectivity index (χ0) is 32.2. The molecule has 0 radical (unpaired) electrons. The lowest BCUT2D eigenvalue weighted by Crippen LogP contribution is -2.54. The Morgan fingerprint density at radius 2 is 1.83 bits per heavy atom. The van der Waals surface area contributed by atoms with Crippen LogP contribution in [0.15, 0.2) is 47.4 Å². The number of nitrogen functional groups attached to an aromatic ring is 1. The van der Waals surface area contributed by atoms with Gasteiger partial charge in [0.15, 0.2) is 6.10 Å². The molecule has 0 aliphatic carbocycles. The van der Waals surface area contributed by atoms with Gasteiger partial charge in [0.05, 0.1) is 16.4 Å². The van der Waals surface area contributed by atoms with Gasteiger partial charge in [0.25, 0.3) is 5.91 Å². The number of anilines is 3. The van der Waals surface area contributed by atoms with Crippen LogP contribution >= 0.6 is 22.9 Å². The number of hydrogen-bond donors (Lipinski definition) is 2. The number of terminal acetylenes is 1. The summed E-state index contributed by atoms with van der Waals surface area (Å²) in [6.07, 6.45) is 9.60. The van der Waals surface area contributed by atoms with E-state index in [9.17, 15) is 14.4 Å². The average Bonchev–Trinajstić information content (AvgIpc) is 3.46. The minimum atomic E-state index is -1.08. The monoisotopic (exact) mass is 661 g/mol. The maximum absolute atomic E-state index is 13.9. The summed E-state index contributed by atoms with van der Waals surface area (Å²) in [7, 11) is 0. The number of piperazine rings is 1. The first-order chi connectivity index (χ1) is 22.3. The number of likely N-dealkylation sites (tertiary alicyclic amines) is 1. The van der Waals surface area contributed by atoms with E-state index in [-0.39, 0.29) is 35.1 Å². The molecular weight excluding hydrogens is 626 g/mol. The van der Waals surface area contributed by atoms with Crippen LogP contribution in [0.4, 0.5) is 26.7 Å². The number of ether oxygens (including phenoxy) is 1. The number of rotatable bonds is 6. The van der Waals surface area contributed by atoms with Gasteiger partial charge in [0.2, 0.25) is 0 Å². The van der Waals surface area contributed by atoms with Crippen molar-refractivity contribution < 1.29 is 19.1 Å². The van der Waals surface area contributed by atoms with E-state index in [1.165, 1.54) is 0 Å². The molecule has 2 saturated heterocycles. The summed E-state index contributed by atoms with van der Waals surface area (Å²) in [5.41, 5.74) is 10.4. The van der Waals surface area contributed by atoms with Gasteiger partial charge in [-0.3, -0.25) is 9.78 Å². The number of nitrogens with zero attached hydrogens (tertiary/aromatic N) is 5. The van der Waals surface area contributed by atoms with Crippen LogP contribution < -0.4 is 16.0 Å². The third-order valence-electron chi connectivity index (χ3n) is 8.93. The summed E-state index contributed by atoms with van der Waals surface area (Å²) in [5.74, 6) is 2.26. The zero-order valence-corrected chi connectivity index (χ0v) is 26.9. The van der Waals surface area contributed by atoms with E-state index in [1.807, 2.05) is 22.4 Å². The van der Waals surface area contributed by atoms with Crippen LogP contribution in [0.25, 0.3) is 0 Å². The van der Waals surface area contributed by atoms with Crippen molar-refractivity contribution in [2.24, 2.45) is 0 Å². The number of benzene rings is 1. The smallest absolute Gasteiger partial charge is 0.410 e. The van der Waals surface area contributed by atoms with Crippen LogP contribution in [0.1, 0.15) is 29.5 Å². The molecule has 0 unspecified atom stereocenters. The van der Waals surface area contributed by atoms with Gasteiger partial charge in [-0.15, -0.1) is 17.8 Å². The summed E-state index contributed by atoms with van der Waals surface area (Å²) >= 11 is 7.94. The number of nitrogens with two attached hydrogens (primary N) is 1. The van der Waals surface area contributed by atoms with Gasteiger partial charge in [0, 0.05) is 87.3 Å². The molecule has 3 N–H and O–H groups in total. The van der Waals surface area contributed by atoms with Gasteiger partial charge in [0.1, 0.15) is 0 Å². The predicted octanol–water partition coefficient (Wildman–Crippen LogP) is 4.31. The Labute approximate surface area is 277 Å². The first-order valence-electron chi connectivity index (χ1n) is 15.4. The van der Waals surface area contributed by atoms with E-state index in [0.717, 1.165) is 23.4 Å². The molecule has 5 heterocycles. The number of carbonyl (C=O) groups excluding carboxylic acids is 3. The number of urea groups is 1. The standard InChI is InChI=1S/C33H36ClN7O4S/c1-2-23-17-22(18-27(34)30(23)35)19-29(31(42)39-15-13-38(14-16-39)25-3-8-36-9-4-25)45-33(44)40-10-6-26(7-11-40)41-12-5-24-20-46-21-28(24)37-32(41)43/h1,3-4,8-9,17-18,20-21,26,29H,5-7,10-16,19,35H2,(H,37,43)/t29-/m1/s1. The number of hydrogen-bond acceptors (Lipinski definition) is 8. The van der Waals surface area contributed by atoms with Crippen LogP contribution in [0.5, 0.6) is 0 Å². The van der Waals surface area contributed by atoms with Gasteiger partial charge in [-0.05, 0) is 60.0 Å². The van der Waals surface area contributed by atoms with Gasteiger partial charge < -0.3 is 35.4 Å². The molecular formula is C33H36ClN7O4S. The largest absolute Gasteiger partial charge is 0.436 e. The highest BCUT2D eigenvalue weighted by atomic mass is 35.5. The Balaban J connectivity index is 1.11. The van der Waals surface area contributed by atoms with E-state index in [0.29, 0.717) is 69.8 Å². The number of aromatic nitrogens is 1. The summed E-state index contributed by atoms with van der Waals surface area (Å²) < 4.78 is 5.97. The fourth-order valence-electron chi connectivity index (χ4n) is 6.31. The molecule has 11 nitrogen and oxygen atoms in total. The van der Waals surface area contributed by atoms with Crippen LogP contribution in [-0.4, -0.2) is 95.7 Å². The second-order valence-corrected chi connectivity index (χ2v) is 12.8. The molecule has 0 saturated carbocycles. The van der Waals surface area contributed by atoms with E-state index in [2.05, 4.69) is 26.5 Å². The first-order valence-corrected chi connectivity index (χ1v) is 16.7. The molecule has 2 fully saturated rings. The number of nitrogens with one attached hydrogen (secondary N) is 1. The molecule has 13 heteroatoms. The quantitative estimate of drug-likeness (QED) is 0.298. The summed E-state index contributed by atoms with van der Waals surface area (Å²) in [6.45, 7) is 3.67. The Hall–Kier alpha value is -4.47. The van der Waals surface area contributed by atoms with Crippen molar-refractivity contribution in [3.63, 3.8) is 0 Å². The number of piperidine rings is 1. The minimum Gasteiger partial charge on any atom is -0.436 e. The molecule has 240 valence electrons. The van der Waals surface area contributed by atoms with Gasteiger partial charge in [-0.25, -0.2) is 9.59 Å². The number of amides is 4. The van der Waals surface area contributed by atoms with Crippen molar-refractivity contribution in [3.8, 4) is 12.3 Å². The third-order valence-corrected chi connectivity index (χ3v) is 10.0. The summed E-state index contributed by atoms with van der Waals surface area (Å²) in [6, 6.07) is 7.14. The molecule has 6 rings (SSSR count). The molecule has 0 bridgehead atoms. The van der Waals surface area contributed by atoms with Crippen molar-refractivity contribution in [2.45, 2.75) is 37.8 Å². The van der Waals surface area contributed by atoms with Gasteiger partial charge in [-0.2, -0.15) is 0 Å². The number of carbonyl (C=O) groups is 3. The maximum atomic E-state index is 13.9. The molecule has 4 amide bonds. The van der Waals surface area contributed by atoms with Crippen molar-refractivity contribution in [2.75, 3.05) is 61.8 Å². The second-order valence-electron chi connectivity index (χ2n) is 11.7. The molecule has 0 spiro atoms. The highest BCUT2D eigenvalue weighted by Gasteiger charge is 2.35. The van der Waals surface area contributed by atoms with E-state index < -0.39 is 12.2 Å². The van der Waals surface area contributed by atoms with Crippen LogP contribution in [-0.2, 0) is 22.4 Å². The van der Waals surface area contributed by atoms with Crippen molar-refractivity contribution >= 4 is 58.0 Å². The Kier molecular flexibility index (Phi) is 9.51. The molecule has 3 aliphatic rings. The zero-order valence-electron chi connectivity index (χ0n) is 25.4. The molecule has 1 aromatic carbocycles. The van der Waals surface area contributed by atoms with Crippen molar-refractivity contribution in [1.29, 1.82) is 0 Å². The minimum absolute atomic E-state index is 0.00459. The third kappa shape index (κ3) is 6.85. The van der Waals surface area contributed by atoms with Gasteiger partial charge in [-0.1, -0.05) is 17.5 Å². The average molecular weight is 662 g/mol. The lowest BCUT2D eigenvalue weighted by molar-refractivity contribution is -0.141. The summed E-state index contributed by atoms with van der Waals surface area (Å²) in [5, 5.41) is 7.33. The first kappa shape index (κ1) is 31.5. The SMILES string of the molecule is C#Cc1cc(C[C@@H](OC(=O)N2CCC(N3CCc4cscc4NC3=O)CC2)C(=O)N2CCN(c3ccncc3)CC2)cc(Cl)c1N. The van der Waals surface area contributed by atoms with Crippen LogP contribution in [0.2, 0.25) is 5.02 Å². The molecule has 2 aromatic heterocycles. The Bertz CT molecular complexity index is 1630. The Morgan fingerprint density at radius 1 is 1.09 bits per heavy atom. The fraction of sp³-hybridized carbons (Fsp3) is 0.394. The van der Waals surface area contributed by atoms with E-state index in [4.69, 9.17) is 28.5 Å². The number of fused-ring (bicyclic) bond motifs is 1. The normalized spacial score (nSPS) is 17.9. The number of halogens is 1. The lowest BCUT2D eigenvalue weighted by atomic mass is 10.0. The van der Waals surface area contributed by atoms with Crippen LogP contribution in [0.3, 0.4) is 0 Å². The predicted molar refractivity (Wildman–Crippen MR) is 179 cm³/mol. The van der Waals surface area contributed by atoms with Crippen LogP contribution in [0, 0.1) is 12.3 Å². The lowest BCUT2D eigenvalue weighted by Gasteiger charge is -2.39. The van der Waals surface area contributed by atoms with E-state index >= 15 is 0 Å². The Morgan fingerprint density at radius 3 is 2.54 bits per heavy atom. The summed E-state index contributed by atoms with van der Waals surface area (Å²) in [4.78, 5) is 51.9. The van der Waals surface area contributed by atoms with Crippen molar-refractivity contribution in [3.05, 3.63) is 69.1 Å². The van der Waals surface area contributed by atoms with Gasteiger partial charge >= 0.3 is 12.1 Å². The highest BCUT2D eigenvalue weighted by molar-refractivity contribution is 7.08. The second kappa shape index (κ2) is 13.9. The molecule has 46 heavy (non-hydrogen) atoms. The fourth-order valence-corrected chi connectivity index (χ4v) is 7.37. The molecule has 1 atom stereocenters.